The number of carbonyl (C=O) groups excluding carboxylic acids is 1. The third-order valence-electron chi connectivity index (χ3n) is 9.47. The summed E-state index contributed by atoms with van der Waals surface area (Å²) in [4.78, 5) is 20.9. The van der Waals surface area contributed by atoms with Gasteiger partial charge < -0.3 is 15.9 Å². The molecule has 1 fully saturated rings. The number of hydrazine groups is 1. The van der Waals surface area contributed by atoms with Gasteiger partial charge in [0.25, 0.3) is 0 Å². The zero-order valence-electron chi connectivity index (χ0n) is 35.4. The van der Waals surface area contributed by atoms with E-state index in [4.69, 9.17) is 10.5 Å². The lowest BCUT2D eigenvalue weighted by Gasteiger charge is -2.42. The lowest BCUT2D eigenvalue weighted by Crippen LogP contribution is -2.51. The number of Topliss-reactive ketones (excluding diaryl/α,β-unsaturated/α-hetero) is 1. The van der Waals surface area contributed by atoms with Crippen molar-refractivity contribution >= 4 is 17.8 Å². The van der Waals surface area contributed by atoms with Gasteiger partial charge in [-0.3, -0.25) is 14.8 Å². The predicted octanol–water partition coefficient (Wildman–Crippen LogP) is 11.0. The molecule has 1 aromatic rings. The fourth-order valence-electron chi connectivity index (χ4n) is 5.93. The van der Waals surface area contributed by atoms with Crippen molar-refractivity contribution in [3.05, 3.63) is 81.6 Å². The molecule has 1 atom stereocenters. The molecule has 54 heavy (non-hydrogen) atoms. The molecule has 306 valence electrons. The fraction of sp³-hybridized carbons (Fsp3) is 0.614. The Morgan fingerprint density at radius 1 is 1.04 bits per heavy atom. The summed E-state index contributed by atoms with van der Waals surface area (Å²) in [6.07, 6.45) is 10.6. The summed E-state index contributed by atoms with van der Waals surface area (Å²) < 4.78 is 42.3. The summed E-state index contributed by atoms with van der Waals surface area (Å²) in [7, 11) is 5.41. The number of aliphatic imine (C=N–C) groups is 2. The highest BCUT2D eigenvalue weighted by Gasteiger charge is 2.42. The summed E-state index contributed by atoms with van der Waals surface area (Å²) in [6.45, 7) is 20.9. The number of rotatable bonds is 19. The molecule has 1 aromatic carbocycles. The van der Waals surface area contributed by atoms with Gasteiger partial charge in [0, 0.05) is 62.4 Å². The first-order valence-electron chi connectivity index (χ1n) is 19.7. The number of halogens is 3. The van der Waals surface area contributed by atoms with Crippen molar-refractivity contribution in [1.82, 2.24) is 10.9 Å². The van der Waals surface area contributed by atoms with Crippen molar-refractivity contribution in [3.63, 3.8) is 0 Å². The maximum absolute atomic E-state index is 12.5. The second kappa shape index (κ2) is 27.1. The highest BCUT2D eigenvalue weighted by atomic mass is 19.4. The highest BCUT2D eigenvalue weighted by Crippen LogP contribution is 2.37. The average molecular weight is 760 g/mol. The smallest absolute Gasteiger partial charge is 0.402 e. The van der Waals surface area contributed by atoms with Crippen LogP contribution in [0.15, 0.2) is 74.9 Å². The van der Waals surface area contributed by atoms with E-state index in [-0.39, 0.29) is 11.2 Å². The highest BCUT2D eigenvalue weighted by molar-refractivity contribution is 5.97. The molecule has 1 aliphatic heterocycles. The number of ketones is 1. The largest absolute Gasteiger partial charge is 0.415 e. The Bertz CT molecular complexity index is 1440. The number of allylic oxidation sites excluding steroid dienone is 7. The van der Waals surface area contributed by atoms with Gasteiger partial charge in [-0.25, -0.2) is 5.43 Å². The Hall–Kier alpha value is -3.50. The van der Waals surface area contributed by atoms with Crippen molar-refractivity contribution in [2.45, 2.75) is 138 Å². The summed E-state index contributed by atoms with van der Waals surface area (Å²) in [5, 5.41) is 0. The van der Waals surface area contributed by atoms with Crippen LogP contribution in [0.1, 0.15) is 141 Å². The van der Waals surface area contributed by atoms with Gasteiger partial charge in [-0.2, -0.15) is 13.2 Å². The maximum atomic E-state index is 12.5. The molecule has 4 N–H and O–H groups in total. The molecule has 0 aromatic heterocycles. The summed E-state index contributed by atoms with van der Waals surface area (Å²) >= 11 is 0. The van der Waals surface area contributed by atoms with Crippen molar-refractivity contribution in [2.75, 3.05) is 34.4 Å². The fourth-order valence-corrected chi connectivity index (χ4v) is 5.93. The quantitative estimate of drug-likeness (QED) is 0.0429. The Morgan fingerprint density at radius 3 is 2.13 bits per heavy atom. The maximum Gasteiger partial charge on any atom is 0.415 e. The zero-order chi connectivity index (χ0) is 41.3. The number of unbranched alkanes of at least 4 members (excludes halogenated alkanes) is 1. The van der Waals surface area contributed by atoms with E-state index in [9.17, 15) is 18.0 Å². The lowest BCUT2D eigenvalue weighted by molar-refractivity contribution is -0.0878. The van der Waals surface area contributed by atoms with Crippen LogP contribution in [0, 0.1) is 5.92 Å². The summed E-state index contributed by atoms with van der Waals surface area (Å²) in [5.41, 5.74) is 18.4. The minimum Gasteiger partial charge on any atom is -0.402 e. The van der Waals surface area contributed by atoms with Gasteiger partial charge in [0.15, 0.2) is 5.78 Å². The van der Waals surface area contributed by atoms with E-state index in [1.165, 1.54) is 24.0 Å². The number of hydrogen-bond acceptors (Lipinski definition) is 6. The topological polar surface area (TPSA) is 101 Å². The van der Waals surface area contributed by atoms with E-state index in [1.807, 2.05) is 47.0 Å². The Balaban J connectivity index is 0.000000823. The molecule has 0 bridgehead atoms. The van der Waals surface area contributed by atoms with Crippen LogP contribution in [0.5, 0.6) is 0 Å². The molecular weight excluding hydrogens is 688 g/mol. The molecule has 0 amide bonds. The number of hydrogen-bond donors (Lipinski definition) is 3. The van der Waals surface area contributed by atoms with E-state index in [2.05, 4.69) is 73.3 Å². The number of benzene rings is 1. The van der Waals surface area contributed by atoms with Crippen molar-refractivity contribution < 1.29 is 22.7 Å². The number of nitrogens with two attached hydrogens (primary N) is 1. The second-order valence-corrected chi connectivity index (χ2v) is 14.0. The van der Waals surface area contributed by atoms with Crippen LogP contribution < -0.4 is 16.6 Å². The molecule has 1 saturated heterocycles. The van der Waals surface area contributed by atoms with Crippen molar-refractivity contribution in [3.8, 4) is 0 Å². The molecule has 0 spiro atoms. The lowest BCUT2D eigenvalue weighted by atomic mass is 9.74. The van der Waals surface area contributed by atoms with Crippen molar-refractivity contribution in [2.24, 2.45) is 21.6 Å². The van der Waals surface area contributed by atoms with Gasteiger partial charge in [0.1, 0.15) is 5.84 Å². The van der Waals surface area contributed by atoms with E-state index in [1.54, 1.807) is 14.1 Å². The first-order chi connectivity index (χ1) is 25.6. The van der Waals surface area contributed by atoms with Crippen LogP contribution in [-0.4, -0.2) is 58.4 Å². The molecule has 1 heterocycles. The van der Waals surface area contributed by atoms with Crippen LogP contribution in [0.4, 0.5) is 13.2 Å². The molecule has 7 nitrogen and oxygen atoms in total. The number of ether oxygens (including phenoxy) is 1. The van der Waals surface area contributed by atoms with E-state index < -0.39 is 11.7 Å². The zero-order valence-corrected chi connectivity index (χ0v) is 35.4. The molecule has 1 unspecified atom stereocenters. The molecule has 2 rings (SSSR count). The van der Waals surface area contributed by atoms with Crippen LogP contribution in [-0.2, 0) is 16.6 Å². The van der Waals surface area contributed by atoms with Gasteiger partial charge >= 0.3 is 6.18 Å². The van der Waals surface area contributed by atoms with Crippen LogP contribution >= 0.6 is 0 Å². The number of amidine groups is 1. The minimum absolute atomic E-state index is 0.105. The summed E-state index contributed by atoms with van der Waals surface area (Å²) in [6, 6.07) is 6.34. The molecular formula is C44H72F3N5O2. The van der Waals surface area contributed by atoms with Gasteiger partial charge in [0.2, 0.25) is 0 Å². The Kier molecular flexibility index (Phi) is 25.4. The Morgan fingerprint density at radius 2 is 1.69 bits per heavy atom. The molecule has 0 saturated carbocycles. The van der Waals surface area contributed by atoms with E-state index in [0.717, 1.165) is 79.3 Å². The van der Waals surface area contributed by atoms with Gasteiger partial charge in [0.05, 0.1) is 13.2 Å². The molecule has 0 radical (unpaired) electrons. The molecule has 0 aliphatic carbocycles. The number of alkyl halides is 3. The predicted molar refractivity (Wildman–Crippen MR) is 225 cm³/mol. The first-order valence-corrected chi connectivity index (χ1v) is 19.7. The van der Waals surface area contributed by atoms with E-state index in [0.29, 0.717) is 37.5 Å². The minimum atomic E-state index is -4.33. The number of nitrogens with zero attached hydrogens (tertiary/aromatic N) is 2. The van der Waals surface area contributed by atoms with Crippen LogP contribution in [0.3, 0.4) is 0 Å². The van der Waals surface area contributed by atoms with Gasteiger partial charge in [-0.1, -0.05) is 91.7 Å². The first kappa shape index (κ1) is 50.5. The third-order valence-corrected chi connectivity index (χ3v) is 9.47. The second-order valence-electron chi connectivity index (χ2n) is 14.0. The average Bonchev–Trinajstić information content (AvgIpc) is 3.13. The Labute approximate surface area is 326 Å². The van der Waals surface area contributed by atoms with Gasteiger partial charge in [-0.15, -0.1) is 0 Å². The normalized spacial score (nSPS) is 15.6. The standard InChI is InChI=1S/C19H29N3O2.C13H19F3.C12H24N2/c1-5-7-17(23)16-10-15(9-8-14(16)6-2)19(12-24-13-19)11-18(20-3)22-21-4;1-5-7-10(3)8-12(6-2)9-11(4)13(14,15)16;1-5-7-8-12(13)11(9-14-4)10(3)6-2/h8-10,21H,5-7,11-13H2,1-4H3,(H,20,22);8-9H,4-7H2,1-3H3;9-10H,5-8,13H2,1-4H3/b;10-8-,12-9-;12-11+,14-9?. The summed E-state index contributed by atoms with van der Waals surface area (Å²) in [5.74, 6) is 1.65. The third kappa shape index (κ3) is 17.8. The van der Waals surface area contributed by atoms with Gasteiger partial charge in [-0.05, 0) is 92.2 Å². The number of carbonyl (C=O) groups is 1. The van der Waals surface area contributed by atoms with Crippen LogP contribution in [0.2, 0.25) is 0 Å². The van der Waals surface area contributed by atoms with Crippen LogP contribution in [0.25, 0.3) is 0 Å². The molecule has 1 aliphatic rings. The van der Waals surface area contributed by atoms with E-state index >= 15 is 0 Å². The monoisotopic (exact) mass is 760 g/mol. The molecule has 10 heteroatoms. The number of aryl methyl sites for hydroxylation is 1. The van der Waals surface area contributed by atoms with Crippen molar-refractivity contribution in [1.29, 1.82) is 0 Å². The number of nitrogens with one attached hydrogen (secondary N) is 2. The SMILES string of the molecule is C=C(/C=C(\C=C(\C)CCC)CC)C(F)(F)F.CCCC(=O)c1cc(C2(CC(=NC)NNC)COC2)ccc1CC.CCCC/C(N)=C(/C=NC)C(C)CC.